The Morgan fingerprint density at radius 1 is 1.29 bits per heavy atom. The summed E-state index contributed by atoms with van der Waals surface area (Å²) in [4.78, 5) is 1.97. The number of nitrogens with two attached hydrogens (primary N) is 1. The Balaban J connectivity index is 2.30. The number of hydrogen-bond donors (Lipinski definition) is 1. The Bertz CT molecular complexity index is 660. The summed E-state index contributed by atoms with van der Waals surface area (Å²) in [5.74, 6) is 0.382. The Morgan fingerprint density at radius 2 is 2.00 bits per heavy atom. The van der Waals surface area contributed by atoms with Crippen LogP contribution in [0.2, 0.25) is 0 Å². The summed E-state index contributed by atoms with van der Waals surface area (Å²) < 4.78 is 19.1. The highest BCUT2D eigenvalue weighted by atomic mass is 32.1. The maximum atomic E-state index is 13.9. The van der Waals surface area contributed by atoms with E-state index in [2.05, 4.69) is 0 Å². The van der Waals surface area contributed by atoms with E-state index in [0.29, 0.717) is 12.2 Å². The molecule has 0 saturated heterocycles. The molecule has 110 valence electrons. The fourth-order valence-electron chi connectivity index (χ4n) is 2.20. The van der Waals surface area contributed by atoms with Crippen molar-refractivity contribution < 1.29 is 9.13 Å². The van der Waals surface area contributed by atoms with Crippen molar-refractivity contribution in [1.29, 1.82) is 0 Å². The number of thiocarbonyl (C=S) groups is 1. The predicted molar refractivity (Wildman–Crippen MR) is 87.4 cm³/mol. The third-order valence-electron chi connectivity index (χ3n) is 3.20. The lowest BCUT2D eigenvalue weighted by molar-refractivity contribution is 0.414. The van der Waals surface area contributed by atoms with Crippen molar-refractivity contribution in [1.82, 2.24) is 0 Å². The third kappa shape index (κ3) is 3.49. The fourth-order valence-corrected chi connectivity index (χ4v) is 2.41. The Hall–Kier alpha value is -2.14. The van der Waals surface area contributed by atoms with Crippen LogP contribution >= 0.6 is 12.2 Å². The number of hydrogen-bond acceptors (Lipinski definition) is 3. The smallest absolute Gasteiger partial charge is 0.135 e. The van der Waals surface area contributed by atoms with Crippen molar-refractivity contribution >= 4 is 22.9 Å². The molecule has 2 rings (SSSR count). The van der Waals surface area contributed by atoms with Crippen LogP contribution < -0.4 is 15.4 Å². The molecule has 21 heavy (non-hydrogen) atoms. The van der Waals surface area contributed by atoms with Crippen molar-refractivity contribution in [2.24, 2.45) is 5.73 Å². The molecule has 0 heterocycles. The normalized spacial score (nSPS) is 10.2. The number of halogens is 1. The van der Waals surface area contributed by atoms with Crippen LogP contribution in [0.3, 0.4) is 0 Å². The fraction of sp³-hybridized carbons (Fsp3) is 0.188. The first-order valence-electron chi connectivity index (χ1n) is 6.45. The molecule has 2 aromatic carbocycles. The molecular formula is C16H17FN2OS. The van der Waals surface area contributed by atoms with E-state index >= 15 is 0 Å². The third-order valence-corrected chi connectivity index (χ3v) is 3.41. The van der Waals surface area contributed by atoms with Crippen LogP contribution in [0.15, 0.2) is 42.5 Å². The lowest BCUT2D eigenvalue weighted by Gasteiger charge is -2.22. The van der Waals surface area contributed by atoms with Gasteiger partial charge in [0.05, 0.1) is 12.7 Å². The maximum absolute atomic E-state index is 13.9. The molecule has 0 spiro atoms. The number of nitrogens with zero attached hydrogens (tertiary/aromatic N) is 1. The van der Waals surface area contributed by atoms with Crippen molar-refractivity contribution in [2.75, 3.05) is 19.1 Å². The van der Waals surface area contributed by atoms with Gasteiger partial charge in [0.15, 0.2) is 0 Å². The van der Waals surface area contributed by atoms with Crippen molar-refractivity contribution in [3.63, 3.8) is 0 Å². The highest BCUT2D eigenvalue weighted by Crippen LogP contribution is 2.24. The number of rotatable bonds is 5. The molecule has 0 fully saturated rings. The number of ether oxygens (including phenoxy) is 1. The second-order valence-electron chi connectivity index (χ2n) is 4.71. The van der Waals surface area contributed by atoms with Crippen molar-refractivity contribution in [3.8, 4) is 5.75 Å². The molecule has 0 aliphatic heterocycles. The van der Waals surface area contributed by atoms with Gasteiger partial charge >= 0.3 is 0 Å². The van der Waals surface area contributed by atoms with Gasteiger partial charge in [-0.05, 0) is 29.8 Å². The minimum absolute atomic E-state index is 0.0561. The molecule has 0 aliphatic rings. The molecule has 5 heteroatoms. The van der Waals surface area contributed by atoms with Gasteiger partial charge in [-0.15, -0.1) is 0 Å². The van der Waals surface area contributed by atoms with E-state index in [1.54, 1.807) is 19.2 Å². The first-order chi connectivity index (χ1) is 10.0. The van der Waals surface area contributed by atoms with E-state index in [-0.39, 0.29) is 10.6 Å². The SMILES string of the molecule is COc1cccc(CN(C)c2cccc(F)c2C(N)=S)c1. The minimum atomic E-state index is -0.405. The number of methoxy groups -OCH3 is 1. The summed E-state index contributed by atoms with van der Waals surface area (Å²) in [6, 6.07) is 12.5. The first kappa shape index (κ1) is 15.3. The van der Waals surface area contributed by atoms with Gasteiger partial charge in [-0.1, -0.05) is 30.4 Å². The minimum Gasteiger partial charge on any atom is -0.497 e. The summed E-state index contributed by atoms with van der Waals surface area (Å²) in [7, 11) is 3.50. The maximum Gasteiger partial charge on any atom is 0.135 e. The van der Waals surface area contributed by atoms with E-state index in [1.807, 2.05) is 36.2 Å². The lowest BCUT2D eigenvalue weighted by Crippen LogP contribution is -2.22. The van der Waals surface area contributed by atoms with E-state index in [9.17, 15) is 4.39 Å². The van der Waals surface area contributed by atoms with Gasteiger partial charge in [-0.3, -0.25) is 0 Å². The molecule has 0 unspecified atom stereocenters. The molecule has 0 amide bonds. The highest BCUT2D eigenvalue weighted by Gasteiger charge is 2.14. The zero-order valence-electron chi connectivity index (χ0n) is 12.0. The molecule has 3 nitrogen and oxygen atoms in total. The van der Waals surface area contributed by atoms with Crippen LogP contribution in [0.4, 0.5) is 10.1 Å². The Labute approximate surface area is 129 Å². The van der Waals surface area contributed by atoms with Gasteiger partial charge in [0.1, 0.15) is 16.6 Å². The van der Waals surface area contributed by atoms with Crippen molar-refractivity contribution in [3.05, 3.63) is 59.4 Å². The summed E-state index contributed by atoms with van der Waals surface area (Å²) in [5.41, 5.74) is 7.64. The summed E-state index contributed by atoms with van der Waals surface area (Å²) in [5, 5.41) is 0. The first-order valence-corrected chi connectivity index (χ1v) is 6.86. The molecule has 0 radical (unpaired) electrons. The van der Waals surface area contributed by atoms with Crippen LogP contribution in [0.25, 0.3) is 0 Å². The number of anilines is 1. The molecule has 2 aromatic rings. The van der Waals surface area contributed by atoms with E-state index in [4.69, 9.17) is 22.7 Å². The van der Waals surface area contributed by atoms with E-state index in [1.165, 1.54) is 6.07 Å². The van der Waals surface area contributed by atoms with Crippen LogP contribution in [0.5, 0.6) is 5.75 Å². The monoisotopic (exact) mass is 304 g/mol. The van der Waals surface area contributed by atoms with Gasteiger partial charge in [0.2, 0.25) is 0 Å². The molecular weight excluding hydrogens is 287 g/mol. The second-order valence-corrected chi connectivity index (χ2v) is 5.15. The van der Waals surface area contributed by atoms with Crippen LogP contribution in [0.1, 0.15) is 11.1 Å². The number of benzene rings is 2. The largest absolute Gasteiger partial charge is 0.497 e. The van der Waals surface area contributed by atoms with E-state index in [0.717, 1.165) is 11.3 Å². The van der Waals surface area contributed by atoms with Gasteiger partial charge < -0.3 is 15.4 Å². The predicted octanol–water partition coefficient (Wildman–Crippen LogP) is 3.10. The van der Waals surface area contributed by atoms with E-state index < -0.39 is 5.82 Å². The summed E-state index contributed by atoms with van der Waals surface area (Å²) in [6.07, 6.45) is 0. The average molecular weight is 304 g/mol. The molecule has 0 bridgehead atoms. The molecule has 0 aliphatic carbocycles. The van der Waals surface area contributed by atoms with Crippen LogP contribution in [-0.2, 0) is 6.54 Å². The molecule has 0 saturated carbocycles. The van der Waals surface area contributed by atoms with Crippen LogP contribution in [0, 0.1) is 5.82 Å². The highest BCUT2D eigenvalue weighted by molar-refractivity contribution is 7.80. The van der Waals surface area contributed by atoms with Gasteiger partial charge in [0.25, 0.3) is 0 Å². The summed E-state index contributed by atoms with van der Waals surface area (Å²) in [6.45, 7) is 0.594. The zero-order chi connectivity index (χ0) is 15.4. The summed E-state index contributed by atoms with van der Waals surface area (Å²) >= 11 is 4.95. The zero-order valence-corrected chi connectivity index (χ0v) is 12.8. The lowest BCUT2D eigenvalue weighted by atomic mass is 10.1. The van der Waals surface area contributed by atoms with Gasteiger partial charge in [-0.2, -0.15) is 0 Å². The second kappa shape index (κ2) is 6.54. The molecule has 2 N–H and O–H groups in total. The topological polar surface area (TPSA) is 38.5 Å². The standard InChI is InChI=1S/C16H17FN2OS/c1-19(10-11-5-3-6-12(9-11)20-2)14-8-4-7-13(17)15(14)16(18)21/h3-9H,10H2,1-2H3,(H2,18,21). The van der Waals surface area contributed by atoms with Gasteiger partial charge in [0, 0.05) is 19.3 Å². The average Bonchev–Trinajstić information content (AvgIpc) is 2.46. The molecule has 0 aromatic heterocycles. The van der Waals surface area contributed by atoms with Crippen LogP contribution in [-0.4, -0.2) is 19.1 Å². The Morgan fingerprint density at radius 3 is 2.67 bits per heavy atom. The molecule has 0 atom stereocenters. The quantitative estimate of drug-likeness (QED) is 0.862. The van der Waals surface area contributed by atoms with Gasteiger partial charge in [-0.25, -0.2) is 4.39 Å². The Kier molecular flexibility index (Phi) is 4.75. The van der Waals surface area contributed by atoms with Crippen molar-refractivity contribution in [2.45, 2.75) is 6.54 Å².